The quantitative estimate of drug-likeness (QED) is 0.618. The molecule has 1 rings (SSSR count). The predicted molar refractivity (Wildman–Crippen MR) is 43.0 cm³/mol. The van der Waals surface area contributed by atoms with Crippen LogP contribution in [0, 0.1) is 5.82 Å². The number of thiophene rings is 1. The second kappa shape index (κ2) is 3.15. The van der Waals surface area contributed by atoms with E-state index in [1.54, 1.807) is 11.4 Å². The first-order valence-corrected chi connectivity index (χ1v) is 4.36. The molecule has 1 atom stereocenters. The molecule has 0 aliphatic heterocycles. The highest BCUT2D eigenvalue weighted by Gasteiger charge is 2.05. The zero-order chi connectivity index (χ0) is 7.56. The van der Waals surface area contributed by atoms with Crippen molar-refractivity contribution < 1.29 is 4.39 Å². The highest BCUT2D eigenvalue weighted by atomic mass is 32.1. The summed E-state index contributed by atoms with van der Waals surface area (Å²) in [4.78, 5) is 1.15. The summed E-state index contributed by atoms with van der Waals surface area (Å²) in [6.45, 7) is 4.23. The van der Waals surface area contributed by atoms with E-state index in [1.165, 1.54) is 11.3 Å². The molecule has 0 saturated carbocycles. The lowest BCUT2D eigenvalue weighted by atomic mass is 10.1. The molecule has 1 aromatic rings. The van der Waals surface area contributed by atoms with Gasteiger partial charge in [0.2, 0.25) is 0 Å². The minimum atomic E-state index is -0.0969. The third kappa shape index (κ3) is 1.57. The topological polar surface area (TPSA) is 0 Å². The lowest BCUT2D eigenvalue weighted by molar-refractivity contribution is 0.629. The van der Waals surface area contributed by atoms with E-state index >= 15 is 0 Å². The van der Waals surface area contributed by atoms with Crippen LogP contribution < -0.4 is 0 Å². The van der Waals surface area contributed by atoms with Gasteiger partial charge in [0.15, 0.2) is 0 Å². The van der Waals surface area contributed by atoms with E-state index in [2.05, 4.69) is 13.8 Å². The molecular weight excluding hydrogens is 147 g/mol. The monoisotopic (exact) mass is 158 g/mol. The highest BCUT2D eigenvalue weighted by Crippen LogP contribution is 2.24. The van der Waals surface area contributed by atoms with Crippen LogP contribution in [0.15, 0.2) is 11.4 Å². The number of hydrogen-bond donors (Lipinski definition) is 0. The Morgan fingerprint density at radius 1 is 1.70 bits per heavy atom. The van der Waals surface area contributed by atoms with Gasteiger partial charge in [-0.3, -0.25) is 0 Å². The van der Waals surface area contributed by atoms with Gasteiger partial charge in [-0.15, -0.1) is 11.3 Å². The summed E-state index contributed by atoms with van der Waals surface area (Å²) in [5.74, 6) is 0.412. The van der Waals surface area contributed by atoms with Gasteiger partial charge >= 0.3 is 0 Å². The van der Waals surface area contributed by atoms with Crippen LogP contribution in [0.1, 0.15) is 31.1 Å². The molecule has 1 unspecified atom stereocenters. The fourth-order valence-electron chi connectivity index (χ4n) is 0.788. The summed E-state index contributed by atoms with van der Waals surface area (Å²) >= 11 is 1.51. The van der Waals surface area contributed by atoms with Gasteiger partial charge in [-0.2, -0.15) is 0 Å². The molecule has 0 aliphatic carbocycles. The van der Waals surface area contributed by atoms with Gasteiger partial charge in [-0.05, 0) is 18.4 Å². The van der Waals surface area contributed by atoms with Gasteiger partial charge in [-0.25, -0.2) is 4.39 Å². The standard InChI is InChI=1S/C8H11FS/c1-3-6(2)8-4-7(9)5-10-8/h4-6H,3H2,1-2H3. The predicted octanol–water partition coefficient (Wildman–Crippen LogP) is 3.40. The maximum atomic E-state index is 12.4. The summed E-state index contributed by atoms with van der Waals surface area (Å²) in [5, 5.41) is 1.56. The molecule has 1 aromatic heterocycles. The van der Waals surface area contributed by atoms with E-state index in [0.717, 1.165) is 11.3 Å². The van der Waals surface area contributed by atoms with Crippen molar-refractivity contribution in [3.8, 4) is 0 Å². The molecule has 0 bridgehead atoms. The molecule has 1 heterocycles. The van der Waals surface area contributed by atoms with Crippen LogP contribution in [0.25, 0.3) is 0 Å². The fraction of sp³-hybridized carbons (Fsp3) is 0.500. The van der Waals surface area contributed by atoms with Gasteiger partial charge in [0, 0.05) is 10.3 Å². The molecular formula is C8H11FS. The largest absolute Gasteiger partial charge is 0.206 e. The van der Waals surface area contributed by atoms with Gasteiger partial charge in [0.25, 0.3) is 0 Å². The molecule has 0 aromatic carbocycles. The normalized spacial score (nSPS) is 13.5. The van der Waals surface area contributed by atoms with Crippen molar-refractivity contribution in [1.82, 2.24) is 0 Å². The lowest BCUT2D eigenvalue weighted by Crippen LogP contribution is -1.84. The van der Waals surface area contributed by atoms with Crippen molar-refractivity contribution in [3.05, 3.63) is 22.1 Å². The third-order valence-electron chi connectivity index (χ3n) is 1.69. The SMILES string of the molecule is CCC(C)c1cc(F)cs1. The van der Waals surface area contributed by atoms with Crippen LogP contribution in [0.2, 0.25) is 0 Å². The Bertz CT molecular complexity index is 205. The molecule has 2 heteroatoms. The van der Waals surface area contributed by atoms with Crippen LogP contribution in [0.5, 0.6) is 0 Å². The zero-order valence-electron chi connectivity index (χ0n) is 6.23. The minimum absolute atomic E-state index is 0.0969. The van der Waals surface area contributed by atoms with Gasteiger partial charge in [-0.1, -0.05) is 13.8 Å². The molecule has 0 nitrogen and oxygen atoms in total. The molecule has 10 heavy (non-hydrogen) atoms. The van der Waals surface area contributed by atoms with Crippen LogP contribution in [-0.4, -0.2) is 0 Å². The van der Waals surface area contributed by atoms with Gasteiger partial charge < -0.3 is 0 Å². The number of halogens is 1. The first-order valence-electron chi connectivity index (χ1n) is 3.48. The van der Waals surface area contributed by atoms with E-state index in [0.29, 0.717) is 5.92 Å². The summed E-state index contributed by atoms with van der Waals surface area (Å²) in [5.41, 5.74) is 0. The number of rotatable bonds is 2. The fourth-order valence-corrected chi connectivity index (χ4v) is 1.68. The number of hydrogen-bond acceptors (Lipinski definition) is 1. The summed E-state index contributed by atoms with van der Waals surface area (Å²) in [6, 6.07) is 1.62. The van der Waals surface area contributed by atoms with Crippen molar-refractivity contribution in [3.63, 3.8) is 0 Å². The second-order valence-corrected chi connectivity index (χ2v) is 3.42. The molecule has 0 radical (unpaired) electrons. The van der Waals surface area contributed by atoms with E-state index in [-0.39, 0.29) is 5.82 Å². The van der Waals surface area contributed by atoms with Crippen LogP contribution in [0.3, 0.4) is 0 Å². The average Bonchev–Trinajstić information content (AvgIpc) is 2.34. The Morgan fingerprint density at radius 2 is 2.40 bits per heavy atom. The van der Waals surface area contributed by atoms with Gasteiger partial charge in [0.1, 0.15) is 5.82 Å². The van der Waals surface area contributed by atoms with E-state index in [4.69, 9.17) is 0 Å². The van der Waals surface area contributed by atoms with Crippen LogP contribution >= 0.6 is 11.3 Å². The highest BCUT2D eigenvalue weighted by molar-refractivity contribution is 7.10. The molecule has 0 aliphatic rings. The molecule has 0 N–H and O–H groups in total. The van der Waals surface area contributed by atoms with E-state index in [9.17, 15) is 4.39 Å². The molecule has 56 valence electrons. The minimum Gasteiger partial charge on any atom is -0.206 e. The summed E-state index contributed by atoms with van der Waals surface area (Å²) < 4.78 is 12.4. The Morgan fingerprint density at radius 3 is 2.80 bits per heavy atom. The van der Waals surface area contributed by atoms with Crippen molar-refractivity contribution >= 4 is 11.3 Å². The van der Waals surface area contributed by atoms with Crippen LogP contribution in [-0.2, 0) is 0 Å². The van der Waals surface area contributed by atoms with Crippen LogP contribution in [0.4, 0.5) is 4.39 Å². The van der Waals surface area contributed by atoms with E-state index in [1.807, 2.05) is 0 Å². The van der Waals surface area contributed by atoms with Crippen molar-refractivity contribution in [2.75, 3.05) is 0 Å². The average molecular weight is 158 g/mol. The van der Waals surface area contributed by atoms with Crippen molar-refractivity contribution in [1.29, 1.82) is 0 Å². The second-order valence-electron chi connectivity index (χ2n) is 2.48. The van der Waals surface area contributed by atoms with E-state index < -0.39 is 0 Å². The summed E-state index contributed by atoms with van der Waals surface area (Å²) in [7, 11) is 0. The maximum absolute atomic E-state index is 12.4. The Hall–Kier alpha value is -0.370. The van der Waals surface area contributed by atoms with Crippen molar-refractivity contribution in [2.45, 2.75) is 26.2 Å². The Labute approximate surface area is 64.7 Å². The first-order chi connectivity index (χ1) is 4.74. The smallest absolute Gasteiger partial charge is 0.134 e. The molecule has 0 fully saturated rings. The maximum Gasteiger partial charge on any atom is 0.134 e. The third-order valence-corrected chi connectivity index (χ3v) is 2.82. The Balaban J connectivity index is 2.74. The zero-order valence-corrected chi connectivity index (χ0v) is 7.04. The Kier molecular flexibility index (Phi) is 2.44. The molecule has 0 saturated heterocycles. The molecule has 0 amide bonds. The first kappa shape index (κ1) is 7.73. The lowest BCUT2D eigenvalue weighted by Gasteiger charge is -2.02. The van der Waals surface area contributed by atoms with Gasteiger partial charge in [0.05, 0.1) is 0 Å². The molecule has 0 spiro atoms. The van der Waals surface area contributed by atoms with Crippen molar-refractivity contribution in [2.24, 2.45) is 0 Å². The summed E-state index contributed by atoms with van der Waals surface area (Å²) in [6.07, 6.45) is 1.08.